The van der Waals surface area contributed by atoms with Crippen LogP contribution in [0.15, 0.2) is 78.9 Å². The third-order valence-corrected chi connectivity index (χ3v) is 5.86. The number of hydrogen-bond acceptors (Lipinski definition) is 6. The molecule has 0 bridgehead atoms. The van der Waals surface area contributed by atoms with E-state index >= 15 is 0 Å². The molecule has 3 aromatic rings. The number of hydrogen-bond donors (Lipinski definition) is 2. The van der Waals surface area contributed by atoms with Gasteiger partial charge in [0.15, 0.2) is 6.61 Å². The second kappa shape index (κ2) is 12.6. The number of ether oxygens (including phenoxy) is 1. The van der Waals surface area contributed by atoms with Crippen LogP contribution in [0.5, 0.6) is 0 Å². The second-order valence-corrected chi connectivity index (χ2v) is 8.95. The van der Waals surface area contributed by atoms with Crippen LogP contribution in [-0.2, 0) is 14.3 Å². The van der Waals surface area contributed by atoms with Gasteiger partial charge in [-0.2, -0.15) is 0 Å². The molecule has 0 spiro atoms. The van der Waals surface area contributed by atoms with E-state index < -0.39 is 47.3 Å². The number of amides is 2. The molecule has 3 rings (SSSR count). The van der Waals surface area contributed by atoms with Crippen LogP contribution >= 0.6 is 11.6 Å². The monoisotopic (exact) mass is 523 g/mol. The van der Waals surface area contributed by atoms with E-state index in [1.807, 2.05) is 60.7 Å². The second-order valence-electron chi connectivity index (χ2n) is 8.55. The number of rotatable bonds is 10. The van der Waals surface area contributed by atoms with Gasteiger partial charge >= 0.3 is 5.97 Å². The van der Waals surface area contributed by atoms with Gasteiger partial charge in [0.25, 0.3) is 17.5 Å². The largest absolute Gasteiger partial charge is 0.454 e. The number of nitro benzene ring substituents is 1. The summed E-state index contributed by atoms with van der Waals surface area (Å²) in [6, 6.07) is 20.6. The van der Waals surface area contributed by atoms with E-state index in [0.29, 0.717) is 0 Å². The third kappa shape index (κ3) is 7.37. The van der Waals surface area contributed by atoms with E-state index in [9.17, 15) is 24.5 Å². The first-order chi connectivity index (χ1) is 17.7. The highest BCUT2D eigenvalue weighted by atomic mass is 35.5. The van der Waals surface area contributed by atoms with Gasteiger partial charge in [0.1, 0.15) is 6.04 Å². The zero-order valence-electron chi connectivity index (χ0n) is 20.2. The van der Waals surface area contributed by atoms with Crippen molar-refractivity contribution in [1.82, 2.24) is 10.6 Å². The molecule has 9 nitrogen and oxygen atoms in total. The zero-order chi connectivity index (χ0) is 26.9. The van der Waals surface area contributed by atoms with Crippen molar-refractivity contribution in [3.05, 3.63) is 111 Å². The van der Waals surface area contributed by atoms with Crippen LogP contribution in [0.4, 0.5) is 5.69 Å². The molecule has 192 valence electrons. The number of benzene rings is 3. The number of nitrogens with zero attached hydrogens (tertiary/aromatic N) is 1. The van der Waals surface area contributed by atoms with Crippen molar-refractivity contribution in [2.75, 3.05) is 6.61 Å². The number of nitrogens with one attached hydrogen (secondary N) is 2. The molecule has 0 aliphatic heterocycles. The fourth-order valence-corrected chi connectivity index (χ4v) is 3.80. The standard InChI is InChI=1S/C27H26ClN3O6/c1-17(2)24(30-26(33)21-15-20(31(35)36)13-14-22(21)28)27(34)37-16-23(32)29-25(18-9-5-3-6-10-18)19-11-7-4-8-12-19/h3-15,17,24-25H,16H2,1-2H3,(H,29,32)(H,30,33). The highest BCUT2D eigenvalue weighted by Gasteiger charge is 2.28. The average Bonchev–Trinajstić information content (AvgIpc) is 2.89. The minimum Gasteiger partial charge on any atom is -0.454 e. The van der Waals surface area contributed by atoms with Crippen LogP contribution in [0.2, 0.25) is 5.02 Å². The Morgan fingerprint density at radius 1 is 0.919 bits per heavy atom. The summed E-state index contributed by atoms with van der Waals surface area (Å²) < 4.78 is 5.22. The van der Waals surface area contributed by atoms with Crippen LogP contribution < -0.4 is 10.6 Å². The van der Waals surface area contributed by atoms with Crippen molar-refractivity contribution in [1.29, 1.82) is 0 Å². The quantitative estimate of drug-likeness (QED) is 0.229. The van der Waals surface area contributed by atoms with E-state index in [4.69, 9.17) is 16.3 Å². The lowest BCUT2D eigenvalue weighted by Crippen LogP contribution is -2.46. The van der Waals surface area contributed by atoms with Gasteiger partial charge in [-0.05, 0) is 23.1 Å². The fourth-order valence-electron chi connectivity index (χ4n) is 3.60. The number of halogens is 1. The number of non-ortho nitro benzene ring substituents is 1. The van der Waals surface area contributed by atoms with Gasteiger partial charge in [0.2, 0.25) is 0 Å². The SMILES string of the molecule is CC(C)C(NC(=O)c1cc([N+](=O)[O-])ccc1Cl)C(=O)OCC(=O)NC(c1ccccc1)c1ccccc1. The van der Waals surface area contributed by atoms with Crippen molar-refractivity contribution in [2.24, 2.45) is 5.92 Å². The Morgan fingerprint density at radius 3 is 2.00 bits per heavy atom. The molecule has 10 heteroatoms. The summed E-state index contributed by atoms with van der Waals surface area (Å²) in [5.74, 6) is -2.53. The van der Waals surface area contributed by atoms with Gasteiger partial charge in [0, 0.05) is 12.1 Å². The maximum atomic E-state index is 12.8. The van der Waals surface area contributed by atoms with E-state index in [1.165, 1.54) is 12.1 Å². The first-order valence-corrected chi connectivity index (χ1v) is 11.9. The Labute approximate surface area is 218 Å². The predicted molar refractivity (Wildman–Crippen MR) is 138 cm³/mol. The number of nitro groups is 1. The molecule has 0 aromatic heterocycles. The Morgan fingerprint density at radius 2 is 1.49 bits per heavy atom. The van der Waals surface area contributed by atoms with Crippen molar-refractivity contribution >= 4 is 35.1 Å². The third-order valence-electron chi connectivity index (χ3n) is 5.53. The lowest BCUT2D eigenvalue weighted by atomic mass is 9.99. The molecule has 0 saturated heterocycles. The van der Waals surface area contributed by atoms with Crippen LogP contribution in [0.1, 0.15) is 41.4 Å². The van der Waals surface area contributed by atoms with Crippen molar-refractivity contribution < 1.29 is 24.0 Å². The molecule has 1 unspecified atom stereocenters. The lowest BCUT2D eigenvalue weighted by Gasteiger charge is -2.22. The zero-order valence-corrected chi connectivity index (χ0v) is 21.0. The summed E-state index contributed by atoms with van der Waals surface area (Å²) in [5, 5.41) is 16.4. The van der Waals surface area contributed by atoms with Crippen LogP contribution in [0, 0.1) is 16.0 Å². The molecule has 0 fully saturated rings. The normalized spacial score (nSPS) is 11.6. The summed E-state index contributed by atoms with van der Waals surface area (Å²) >= 11 is 6.04. The smallest absolute Gasteiger partial charge is 0.329 e. The number of carbonyl (C=O) groups excluding carboxylic acids is 3. The molecule has 0 radical (unpaired) electrons. The minimum atomic E-state index is -1.12. The first kappa shape index (κ1) is 27.3. The molecule has 1 atom stereocenters. The summed E-state index contributed by atoms with van der Waals surface area (Å²) in [6.45, 7) is 2.80. The van der Waals surface area contributed by atoms with E-state index in [2.05, 4.69) is 10.6 Å². The number of esters is 1. The lowest BCUT2D eigenvalue weighted by molar-refractivity contribution is -0.384. The topological polar surface area (TPSA) is 128 Å². The Bertz CT molecular complexity index is 1230. The fraction of sp³-hybridized carbons (Fsp3) is 0.222. The molecule has 2 N–H and O–H groups in total. The Hall–Kier alpha value is -4.24. The van der Waals surface area contributed by atoms with Gasteiger partial charge in [-0.1, -0.05) is 86.1 Å². The van der Waals surface area contributed by atoms with Crippen molar-refractivity contribution in [2.45, 2.75) is 25.9 Å². The Kier molecular flexibility index (Phi) is 9.34. The summed E-state index contributed by atoms with van der Waals surface area (Å²) in [7, 11) is 0. The van der Waals surface area contributed by atoms with E-state index in [0.717, 1.165) is 17.2 Å². The van der Waals surface area contributed by atoms with Crippen LogP contribution in [0.25, 0.3) is 0 Å². The minimum absolute atomic E-state index is 0.00813. The molecule has 0 heterocycles. The molecule has 37 heavy (non-hydrogen) atoms. The first-order valence-electron chi connectivity index (χ1n) is 11.5. The summed E-state index contributed by atoms with van der Waals surface area (Å²) in [4.78, 5) is 48.7. The molecule has 3 aromatic carbocycles. The molecule has 0 saturated carbocycles. The van der Waals surface area contributed by atoms with Gasteiger partial charge in [-0.25, -0.2) is 4.79 Å². The Balaban J connectivity index is 1.67. The van der Waals surface area contributed by atoms with Crippen LogP contribution in [0.3, 0.4) is 0 Å². The molecule has 0 aliphatic rings. The van der Waals surface area contributed by atoms with Gasteiger partial charge < -0.3 is 15.4 Å². The molecular formula is C27H26ClN3O6. The van der Waals surface area contributed by atoms with E-state index in [1.54, 1.807) is 13.8 Å². The maximum Gasteiger partial charge on any atom is 0.329 e. The highest BCUT2D eigenvalue weighted by Crippen LogP contribution is 2.23. The van der Waals surface area contributed by atoms with Crippen molar-refractivity contribution in [3.63, 3.8) is 0 Å². The number of carbonyl (C=O) groups is 3. The molecular weight excluding hydrogens is 498 g/mol. The van der Waals surface area contributed by atoms with Gasteiger partial charge in [0.05, 0.1) is 21.6 Å². The average molecular weight is 524 g/mol. The summed E-state index contributed by atoms with van der Waals surface area (Å²) in [5.41, 5.74) is 1.24. The summed E-state index contributed by atoms with van der Waals surface area (Å²) in [6.07, 6.45) is 0. The predicted octanol–water partition coefficient (Wildman–Crippen LogP) is 4.45. The maximum absolute atomic E-state index is 12.8. The van der Waals surface area contributed by atoms with Crippen molar-refractivity contribution in [3.8, 4) is 0 Å². The van der Waals surface area contributed by atoms with Gasteiger partial charge in [-0.15, -0.1) is 0 Å². The van der Waals surface area contributed by atoms with E-state index in [-0.39, 0.29) is 16.3 Å². The molecule has 0 aliphatic carbocycles. The van der Waals surface area contributed by atoms with Gasteiger partial charge in [-0.3, -0.25) is 19.7 Å². The highest BCUT2D eigenvalue weighted by molar-refractivity contribution is 6.34. The molecule has 2 amide bonds. The van der Waals surface area contributed by atoms with Crippen LogP contribution in [-0.4, -0.2) is 35.4 Å².